The number of benzene rings is 1. The van der Waals surface area contributed by atoms with Gasteiger partial charge in [0, 0.05) is 18.2 Å². The molecule has 0 aliphatic carbocycles. The molecule has 16 heavy (non-hydrogen) atoms. The van der Waals surface area contributed by atoms with Crippen LogP contribution in [-0.4, -0.2) is 9.78 Å². The topological polar surface area (TPSA) is 43.8 Å². The SMILES string of the molecule is Cc1c(-c2cccc(Br)c2F)nn(C)c1N. The molecule has 0 saturated heterocycles. The fraction of sp³-hybridized carbons (Fsp3) is 0.182. The minimum Gasteiger partial charge on any atom is -0.384 e. The first kappa shape index (κ1) is 11.1. The fourth-order valence-electron chi connectivity index (χ4n) is 1.59. The maximum absolute atomic E-state index is 13.9. The molecule has 3 nitrogen and oxygen atoms in total. The van der Waals surface area contributed by atoms with E-state index in [9.17, 15) is 4.39 Å². The summed E-state index contributed by atoms with van der Waals surface area (Å²) in [4.78, 5) is 0. The van der Waals surface area contributed by atoms with Gasteiger partial charge < -0.3 is 5.73 Å². The van der Waals surface area contributed by atoms with Crippen LogP contribution in [0.1, 0.15) is 5.56 Å². The number of anilines is 1. The molecule has 0 amide bonds. The molecule has 0 radical (unpaired) electrons. The number of halogens is 2. The van der Waals surface area contributed by atoms with Crippen molar-refractivity contribution in [2.75, 3.05) is 5.73 Å². The van der Waals surface area contributed by atoms with E-state index in [2.05, 4.69) is 21.0 Å². The van der Waals surface area contributed by atoms with Gasteiger partial charge in [-0.25, -0.2) is 4.39 Å². The Bertz CT molecular complexity index is 548. The van der Waals surface area contributed by atoms with Crippen molar-refractivity contribution in [2.24, 2.45) is 7.05 Å². The van der Waals surface area contributed by atoms with Gasteiger partial charge in [0.2, 0.25) is 0 Å². The zero-order valence-electron chi connectivity index (χ0n) is 8.96. The predicted molar refractivity (Wildman–Crippen MR) is 65.5 cm³/mol. The number of aromatic nitrogens is 2. The number of rotatable bonds is 1. The van der Waals surface area contributed by atoms with Crippen LogP contribution in [-0.2, 0) is 7.05 Å². The van der Waals surface area contributed by atoms with Gasteiger partial charge >= 0.3 is 0 Å². The molecule has 84 valence electrons. The molecule has 1 aromatic heterocycles. The normalized spacial score (nSPS) is 10.8. The standard InChI is InChI=1S/C11H11BrFN3/c1-6-10(15-16(2)11(6)14)7-4-3-5-8(12)9(7)13/h3-5H,14H2,1-2H3. The van der Waals surface area contributed by atoms with Gasteiger partial charge in [-0.15, -0.1) is 0 Å². The summed E-state index contributed by atoms with van der Waals surface area (Å²) in [7, 11) is 1.74. The monoisotopic (exact) mass is 283 g/mol. The summed E-state index contributed by atoms with van der Waals surface area (Å²) < 4.78 is 15.8. The number of nitrogen functional groups attached to an aromatic ring is 1. The van der Waals surface area contributed by atoms with E-state index in [1.54, 1.807) is 29.9 Å². The zero-order valence-corrected chi connectivity index (χ0v) is 10.5. The zero-order chi connectivity index (χ0) is 11.9. The molecular weight excluding hydrogens is 273 g/mol. The van der Waals surface area contributed by atoms with Gasteiger partial charge in [-0.05, 0) is 35.0 Å². The molecule has 0 atom stereocenters. The third kappa shape index (κ3) is 1.61. The van der Waals surface area contributed by atoms with E-state index in [0.717, 1.165) is 5.56 Å². The number of hydrogen-bond acceptors (Lipinski definition) is 2. The van der Waals surface area contributed by atoms with Crippen LogP contribution < -0.4 is 5.73 Å². The van der Waals surface area contributed by atoms with Crippen LogP contribution in [0.15, 0.2) is 22.7 Å². The van der Waals surface area contributed by atoms with Crippen molar-refractivity contribution in [1.29, 1.82) is 0 Å². The average molecular weight is 284 g/mol. The van der Waals surface area contributed by atoms with Gasteiger partial charge in [-0.3, -0.25) is 4.68 Å². The predicted octanol–water partition coefficient (Wildman–Crippen LogP) is 2.88. The van der Waals surface area contributed by atoms with Crippen LogP contribution in [0.25, 0.3) is 11.3 Å². The largest absolute Gasteiger partial charge is 0.384 e. The lowest BCUT2D eigenvalue weighted by Crippen LogP contribution is -1.97. The minimum absolute atomic E-state index is 0.316. The van der Waals surface area contributed by atoms with E-state index < -0.39 is 0 Å². The quantitative estimate of drug-likeness (QED) is 0.875. The molecular formula is C11H11BrFN3. The molecule has 0 bridgehead atoms. The van der Waals surface area contributed by atoms with Crippen LogP contribution in [0.4, 0.5) is 10.2 Å². The van der Waals surface area contributed by atoms with Crippen molar-refractivity contribution in [1.82, 2.24) is 9.78 Å². The first-order valence-electron chi connectivity index (χ1n) is 4.76. The molecule has 0 aliphatic rings. The van der Waals surface area contributed by atoms with E-state index in [4.69, 9.17) is 5.73 Å². The molecule has 2 rings (SSSR count). The van der Waals surface area contributed by atoms with Crippen molar-refractivity contribution in [3.8, 4) is 11.3 Å². The Labute approximate surface area is 101 Å². The van der Waals surface area contributed by atoms with Crippen LogP contribution in [0.2, 0.25) is 0 Å². The summed E-state index contributed by atoms with van der Waals surface area (Å²) in [5.74, 6) is 0.234. The highest BCUT2D eigenvalue weighted by molar-refractivity contribution is 9.10. The van der Waals surface area contributed by atoms with Gasteiger partial charge in [0.25, 0.3) is 0 Å². The van der Waals surface area contributed by atoms with E-state index in [1.165, 1.54) is 0 Å². The lowest BCUT2D eigenvalue weighted by atomic mass is 10.1. The second kappa shape index (κ2) is 3.90. The summed E-state index contributed by atoms with van der Waals surface area (Å²) in [5.41, 5.74) is 7.63. The summed E-state index contributed by atoms with van der Waals surface area (Å²) in [6.07, 6.45) is 0. The Balaban J connectivity index is 2.68. The number of nitrogens with two attached hydrogens (primary N) is 1. The molecule has 5 heteroatoms. The Morgan fingerprint density at radius 3 is 2.69 bits per heavy atom. The maximum Gasteiger partial charge on any atom is 0.146 e. The molecule has 0 aliphatic heterocycles. The fourth-order valence-corrected chi connectivity index (χ4v) is 1.95. The van der Waals surface area contributed by atoms with Gasteiger partial charge in [-0.1, -0.05) is 6.07 Å². The molecule has 0 saturated carbocycles. The van der Waals surface area contributed by atoms with Gasteiger partial charge in [0.15, 0.2) is 0 Å². The molecule has 0 fully saturated rings. The van der Waals surface area contributed by atoms with E-state index in [1.807, 2.05) is 6.92 Å². The number of hydrogen-bond donors (Lipinski definition) is 1. The number of nitrogens with zero attached hydrogens (tertiary/aromatic N) is 2. The van der Waals surface area contributed by atoms with Crippen LogP contribution in [0, 0.1) is 12.7 Å². The smallest absolute Gasteiger partial charge is 0.146 e. The molecule has 0 unspecified atom stereocenters. The maximum atomic E-state index is 13.9. The highest BCUT2D eigenvalue weighted by atomic mass is 79.9. The molecule has 0 spiro atoms. The molecule has 2 aromatic rings. The van der Waals surface area contributed by atoms with Crippen molar-refractivity contribution in [3.63, 3.8) is 0 Å². The minimum atomic E-state index is -0.316. The Morgan fingerprint density at radius 1 is 1.44 bits per heavy atom. The van der Waals surface area contributed by atoms with Crippen molar-refractivity contribution >= 4 is 21.7 Å². The Hall–Kier alpha value is -1.36. The molecule has 1 aromatic carbocycles. The third-order valence-electron chi connectivity index (χ3n) is 2.54. The highest BCUT2D eigenvalue weighted by Crippen LogP contribution is 2.30. The van der Waals surface area contributed by atoms with Crippen LogP contribution >= 0.6 is 15.9 Å². The van der Waals surface area contributed by atoms with Crippen molar-refractivity contribution in [2.45, 2.75) is 6.92 Å². The lowest BCUT2D eigenvalue weighted by Gasteiger charge is -2.02. The first-order valence-corrected chi connectivity index (χ1v) is 5.55. The second-order valence-corrected chi connectivity index (χ2v) is 4.44. The Kier molecular flexibility index (Phi) is 2.71. The van der Waals surface area contributed by atoms with E-state index in [0.29, 0.717) is 21.5 Å². The van der Waals surface area contributed by atoms with Gasteiger partial charge in [0.05, 0.1) is 4.47 Å². The van der Waals surface area contributed by atoms with Crippen molar-refractivity contribution < 1.29 is 4.39 Å². The lowest BCUT2D eigenvalue weighted by molar-refractivity contribution is 0.623. The van der Waals surface area contributed by atoms with Gasteiger partial charge in [-0.2, -0.15) is 5.10 Å². The van der Waals surface area contributed by atoms with E-state index >= 15 is 0 Å². The summed E-state index contributed by atoms with van der Waals surface area (Å²) in [5, 5.41) is 4.21. The highest BCUT2D eigenvalue weighted by Gasteiger charge is 2.16. The van der Waals surface area contributed by atoms with E-state index in [-0.39, 0.29) is 5.82 Å². The molecule has 1 heterocycles. The Morgan fingerprint density at radius 2 is 2.12 bits per heavy atom. The van der Waals surface area contributed by atoms with Gasteiger partial charge in [0.1, 0.15) is 17.3 Å². The number of aryl methyl sites for hydroxylation is 1. The second-order valence-electron chi connectivity index (χ2n) is 3.58. The van der Waals surface area contributed by atoms with Crippen molar-refractivity contribution in [3.05, 3.63) is 34.1 Å². The van der Waals surface area contributed by atoms with Crippen LogP contribution in [0.5, 0.6) is 0 Å². The van der Waals surface area contributed by atoms with Crippen LogP contribution in [0.3, 0.4) is 0 Å². The summed E-state index contributed by atoms with van der Waals surface area (Å²) in [6.45, 7) is 1.83. The first-order chi connectivity index (χ1) is 7.52. The average Bonchev–Trinajstić information content (AvgIpc) is 2.50. The summed E-state index contributed by atoms with van der Waals surface area (Å²) >= 11 is 3.15. The molecule has 2 N–H and O–H groups in total. The third-order valence-corrected chi connectivity index (χ3v) is 3.16. The summed E-state index contributed by atoms with van der Waals surface area (Å²) in [6, 6.07) is 5.11.